The number of rotatable bonds is 4. The molecule has 1 amide bonds. The maximum absolute atomic E-state index is 13.3. The van der Waals surface area contributed by atoms with Crippen molar-refractivity contribution in [3.05, 3.63) is 58.9 Å². The molecule has 10 heteroatoms. The number of benzene rings is 2. The van der Waals surface area contributed by atoms with Crippen LogP contribution in [0.2, 0.25) is 5.02 Å². The van der Waals surface area contributed by atoms with Gasteiger partial charge in [0.1, 0.15) is 12.1 Å². The highest BCUT2D eigenvalue weighted by molar-refractivity contribution is 6.33. The van der Waals surface area contributed by atoms with Crippen LogP contribution >= 0.6 is 11.6 Å². The number of halogens is 3. The fraction of sp³-hybridized carbons (Fsp3) is 0.0667. The van der Waals surface area contributed by atoms with Crippen LogP contribution in [-0.4, -0.2) is 33.2 Å². The van der Waals surface area contributed by atoms with Crippen LogP contribution in [0, 0.1) is 11.6 Å². The van der Waals surface area contributed by atoms with E-state index in [4.69, 9.17) is 16.3 Å². The van der Waals surface area contributed by atoms with Gasteiger partial charge >= 0.3 is 0 Å². The van der Waals surface area contributed by atoms with Crippen LogP contribution in [0.5, 0.6) is 5.75 Å². The highest BCUT2D eigenvalue weighted by Gasteiger charge is 2.18. The number of carbonyl (C=O) groups is 1. The molecule has 0 aliphatic rings. The first-order valence-corrected chi connectivity index (χ1v) is 7.24. The average molecular weight is 366 g/mol. The third-order valence-corrected chi connectivity index (χ3v) is 3.59. The molecule has 1 aromatic heterocycles. The molecule has 0 spiro atoms. The molecule has 1 N–H and O–H groups in total. The Hall–Kier alpha value is -3.07. The number of carbonyl (C=O) groups excluding carboxylic acids is 1. The molecule has 7 nitrogen and oxygen atoms in total. The number of nitrogens with one attached hydrogen (secondary N) is 1. The van der Waals surface area contributed by atoms with Crippen molar-refractivity contribution in [3.63, 3.8) is 0 Å². The van der Waals surface area contributed by atoms with Gasteiger partial charge in [-0.3, -0.25) is 4.79 Å². The summed E-state index contributed by atoms with van der Waals surface area (Å²) >= 11 is 6.18. The molecule has 3 aromatic rings. The van der Waals surface area contributed by atoms with Crippen molar-refractivity contribution in [1.82, 2.24) is 20.2 Å². The highest BCUT2D eigenvalue weighted by atomic mass is 35.5. The van der Waals surface area contributed by atoms with Crippen LogP contribution in [0.15, 0.2) is 36.7 Å². The summed E-state index contributed by atoms with van der Waals surface area (Å²) in [7, 11) is 1.38. The predicted molar refractivity (Wildman–Crippen MR) is 85.0 cm³/mol. The van der Waals surface area contributed by atoms with E-state index in [9.17, 15) is 13.6 Å². The summed E-state index contributed by atoms with van der Waals surface area (Å²) in [6, 6.07) is 5.87. The van der Waals surface area contributed by atoms with Crippen molar-refractivity contribution in [2.24, 2.45) is 0 Å². The lowest BCUT2D eigenvalue weighted by atomic mass is 10.1. The van der Waals surface area contributed by atoms with E-state index in [1.54, 1.807) is 0 Å². The molecule has 3 rings (SSSR count). The maximum atomic E-state index is 13.3. The third-order valence-electron chi connectivity index (χ3n) is 3.29. The average Bonchev–Trinajstić information content (AvgIpc) is 3.12. The van der Waals surface area contributed by atoms with Crippen molar-refractivity contribution in [1.29, 1.82) is 0 Å². The molecule has 0 saturated carbocycles. The summed E-state index contributed by atoms with van der Waals surface area (Å²) < 4.78 is 32.7. The van der Waals surface area contributed by atoms with Crippen molar-refractivity contribution in [3.8, 4) is 11.4 Å². The first-order valence-electron chi connectivity index (χ1n) is 6.87. The summed E-state index contributed by atoms with van der Waals surface area (Å²) in [5.74, 6) is -2.48. The molecule has 0 unspecified atom stereocenters. The first-order chi connectivity index (χ1) is 12.0. The third kappa shape index (κ3) is 3.41. The standard InChI is InChI=1S/C15H10ClF2N5O2/c1-25-14-6-13(23-7-19-21-22-23)10(16)5-9(14)15(24)20-8-2-3-11(17)12(18)4-8/h2-7H,1H3,(H,20,24). The molecule has 0 atom stereocenters. The minimum absolute atomic E-state index is 0.0895. The molecule has 2 aromatic carbocycles. The van der Waals surface area contributed by atoms with E-state index < -0.39 is 17.5 Å². The molecule has 128 valence electrons. The largest absolute Gasteiger partial charge is 0.496 e. The molecule has 0 fully saturated rings. The van der Waals surface area contributed by atoms with Gasteiger partial charge in [-0.1, -0.05) is 11.6 Å². The molecule has 0 aliphatic heterocycles. The van der Waals surface area contributed by atoms with Gasteiger partial charge in [0.25, 0.3) is 5.91 Å². The summed E-state index contributed by atoms with van der Waals surface area (Å²) in [5, 5.41) is 13.4. The van der Waals surface area contributed by atoms with Crippen molar-refractivity contribution in [2.75, 3.05) is 12.4 Å². The van der Waals surface area contributed by atoms with Crippen LogP contribution in [0.25, 0.3) is 5.69 Å². The Balaban J connectivity index is 1.94. The molecule has 0 aliphatic carbocycles. The number of tetrazole rings is 1. The van der Waals surface area contributed by atoms with E-state index in [2.05, 4.69) is 20.8 Å². The van der Waals surface area contributed by atoms with Crippen molar-refractivity contribution < 1.29 is 18.3 Å². The van der Waals surface area contributed by atoms with E-state index >= 15 is 0 Å². The normalized spacial score (nSPS) is 10.6. The van der Waals surface area contributed by atoms with E-state index in [-0.39, 0.29) is 22.0 Å². The van der Waals surface area contributed by atoms with Crippen molar-refractivity contribution >= 4 is 23.2 Å². The van der Waals surface area contributed by atoms with Crippen molar-refractivity contribution in [2.45, 2.75) is 0 Å². The summed E-state index contributed by atoms with van der Waals surface area (Å²) in [5.41, 5.74) is 0.605. The highest BCUT2D eigenvalue weighted by Crippen LogP contribution is 2.30. The molecular formula is C15H10ClF2N5O2. The van der Waals surface area contributed by atoms with Gasteiger partial charge in [-0.25, -0.2) is 8.78 Å². The summed E-state index contributed by atoms with van der Waals surface area (Å²) in [6.07, 6.45) is 1.34. The second kappa shape index (κ2) is 6.81. The molecule has 1 heterocycles. The lowest BCUT2D eigenvalue weighted by molar-refractivity contribution is 0.102. The zero-order valence-electron chi connectivity index (χ0n) is 12.7. The Kier molecular flexibility index (Phi) is 4.57. The summed E-state index contributed by atoms with van der Waals surface area (Å²) in [6.45, 7) is 0. The summed E-state index contributed by atoms with van der Waals surface area (Å²) in [4.78, 5) is 12.4. The molecule has 0 bridgehead atoms. The number of aromatic nitrogens is 4. The van der Waals surface area contributed by atoms with Gasteiger partial charge in [-0.2, -0.15) is 4.68 Å². The number of anilines is 1. The first kappa shape index (κ1) is 16.8. The van der Waals surface area contributed by atoms with Crippen LogP contribution in [0.3, 0.4) is 0 Å². The lowest BCUT2D eigenvalue weighted by Gasteiger charge is -2.12. The Morgan fingerprint density at radius 3 is 2.68 bits per heavy atom. The molecular weight excluding hydrogens is 356 g/mol. The Morgan fingerprint density at radius 1 is 1.24 bits per heavy atom. The minimum atomic E-state index is -1.07. The number of hydrogen-bond donors (Lipinski definition) is 1. The fourth-order valence-electron chi connectivity index (χ4n) is 2.11. The predicted octanol–water partition coefficient (Wildman–Crippen LogP) is 2.85. The van der Waals surface area contributed by atoms with E-state index in [1.807, 2.05) is 0 Å². The van der Waals surface area contributed by atoms with E-state index in [0.29, 0.717) is 5.69 Å². The van der Waals surface area contributed by atoms with Gasteiger partial charge in [0.15, 0.2) is 11.6 Å². The second-order valence-corrected chi connectivity index (χ2v) is 5.25. The zero-order chi connectivity index (χ0) is 18.0. The second-order valence-electron chi connectivity index (χ2n) is 4.84. The zero-order valence-corrected chi connectivity index (χ0v) is 13.5. The van der Waals surface area contributed by atoms with E-state index in [1.165, 1.54) is 36.3 Å². The number of amides is 1. The number of methoxy groups -OCH3 is 1. The monoisotopic (exact) mass is 365 g/mol. The maximum Gasteiger partial charge on any atom is 0.259 e. The van der Waals surface area contributed by atoms with Gasteiger partial charge < -0.3 is 10.1 Å². The van der Waals surface area contributed by atoms with Gasteiger partial charge in [-0.15, -0.1) is 5.10 Å². The van der Waals surface area contributed by atoms with Gasteiger partial charge in [0, 0.05) is 17.8 Å². The topological polar surface area (TPSA) is 81.9 Å². The Labute approximate surface area is 145 Å². The molecule has 25 heavy (non-hydrogen) atoms. The van der Waals surface area contributed by atoms with Crippen LogP contribution in [-0.2, 0) is 0 Å². The van der Waals surface area contributed by atoms with Crippen LogP contribution in [0.1, 0.15) is 10.4 Å². The fourth-order valence-corrected chi connectivity index (χ4v) is 2.36. The lowest BCUT2D eigenvalue weighted by Crippen LogP contribution is -2.14. The van der Waals surface area contributed by atoms with Gasteiger partial charge in [0.05, 0.1) is 23.4 Å². The Bertz CT molecular complexity index is 934. The van der Waals surface area contributed by atoms with E-state index in [0.717, 1.165) is 12.1 Å². The smallest absolute Gasteiger partial charge is 0.259 e. The number of nitrogens with zero attached hydrogens (tertiary/aromatic N) is 4. The number of ether oxygens (including phenoxy) is 1. The quantitative estimate of drug-likeness (QED) is 0.768. The minimum Gasteiger partial charge on any atom is -0.496 e. The Morgan fingerprint density at radius 2 is 2.04 bits per heavy atom. The molecule has 0 radical (unpaired) electrons. The SMILES string of the molecule is COc1cc(-n2cnnn2)c(Cl)cc1C(=O)Nc1ccc(F)c(F)c1. The molecule has 0 saturated heterocycles. The van der Waals surface area contributed by atoms with Crippen LogP contribution < -0.4 is 10.1 Å². The van der Waals surface area contributed by atoms with Gasteiger partial charge in [0.2, 0.25) is 0 Å². The van der Waals surface area contributed by atoms with Gasteiger partial charge in [-0.05, 0) is 28.6 Å². The van der Waals surface area contributed by atoms with Crippen LogP contribution in [0.4, 0.5) is 14.5 Å². The number of hydrogen-bond acceptors (Lipinski definition) is 5.